The highest BCUT2D eigenvalue weighted by atomic mass is 19.1. The molecule has 2 heterocycles. The van der Waals surface area contributed by atoms with Crippen LogP contribution in [0.1, 0.15) is 41.0 Å². The van der Waals surface area contributed by atoms with E-state index in [9.17, 15) is 19.4 Å². The number of aliphatic carboxylic acids is 1. The molecule has 40 heavy (non-hydrogen) atoms. The van der Waals surface area contributed by atoms with Crippen molar-refractivity contribution in [2.75, 3.05) is 19.8 Å². The van der Waals surface area contributed by atoms with E-state index in [1.807, 2.05) is 50.2 Å². The van der Waals surface area contributed by atoms with Crippen LogP contribution < -0.4 is 14.2 Å². The van der Waals surface area contributed by atoms with Gasteiger partial charge in [-0.1, -0.05) is 18.2 Å². The molecule has 0 saturated carbocycles. The van der Waals surface area contributed by atoms with Crippen molar-refractivity contribution in [1.82, 2.24) is 0 Å². The van der Waals surface area contributed by atoms with Crippen molar-refractivity contribution in [2.24, 2.45) is 0 Å². The minimum Gasteiger partial charge on any atom is -0.492 e. The van der Waals surface area contributed by atoms with Crippen molar-refractivity contribution >= 4 is 5.97 Å². The fourth-order valence-electron chi connectivity index (χ4n) is 5.35. The predicted molar refractivity (Wildman–Crippen MR) is 144 cm³/mol. The maximum atomic E-state index is 14.8. The second-order valence-corrected chi connectivity index (χ2v) is 10.5. The summed E-state index contributed by atoms with van der Waals surface area (Å²) in [6, 6.07) is 14.6. The Hall–Kier alpha value is -3.66. The Labute approximate surface area is 231 Å². The number of carboxylic acids is 1. The van der Waals surface area contributed by atoms with E-state index in [1.54, 1.807) is 0 Å². The van der Waals surface area contributed by atoms with Crippen LogP contribution in [-0.2, 0) is 16.1 Å². The van der Waals surface area contributed by atoms with Crippen LogP contribution in [0.25, 0.3) is 11.1 Å². The number of fused-ring (bicyclic) bond motifs is 1. The Balaban J connectivity index is 1.25. The van der Waals surface area contributed by atoms with E-state index in [0.717, 1.165) is 27.8 Å². The van der Waals surface area contributed by atoms with Crippen molar-refractivity contribution in [3.05, 3.63) is 76.6 Å². The molecule has 3 aromatic carbocycles. The number of ether oxygens (including phenoxy) is 4. The number of rotatable bonds is 9. The number of hydrogen-bond acceptors (Lipinski definition) is 7. The van der Waals surface area contributed by atoms with Gasteiger partial charge in [-0.25, -0.2) is 4.39 Å². The fraction of sp³-hybridized carbons (Fsp3) is 0.387. The third kappa shape index (κ3) is 6.22. The zero-order chi connectivity index (χ0) is 28.4. The standard InChI is InChI=1S/C31H33FO8/c1-17-6-22(37-15-23-10-26(33)27(34)16-38-23)7-18(2)31(17)20-5-3-4-19(8-20)13-39-29-12-28-24(11-25(29)32)21(14-40-28)9-30(35)36/h3-8,11-12,21,23,26-27,33-34H,9-10,13-16H2,1-2H3,(H,35,36)/t21?,23-,26-,27+/m0/s1. The van der Waals surface area contributed by atoms with E-state index >= 15 is 0 Å². The van der Waals surface area contributed by atoms with Gasteiger partial charge < -0.3 is 34.3 Å². The van der Waals surface area contributed by atoms with Crippen LogP contribution >= 0.6 is 0 Å². The van der Waals surface area contributed by atoms with Crippen LogP contribution in [0, 0.1) is 19.7 Å². The SMILES string of the molecule is Cc1cc(OC[C@@H]2C[C@H](O)[C@H](O)CO2)cc(C)c1-c1cccc(COc2cc3c(cc2F)C(CC(=O)O)CO3)c1. The number of aryl methyl sites for hydroxylation is 2. The first-order valence-corrected chi connectivity index (χ1v) is 13.3. The molecule has 0 aromatic heterocycles. The molecule has 1 fully saturated rings. The number of benzene rings is 3. The third-order valence-corrected chi connectivity index (χ3v) is 7.37. The zero-order valence-corrected chi connectivity index (χ0v) is 22.4. The Bertz CT molecular complexity index is 1370. The maximum absolute atomic E-state index is 14.8. The van der Waals surface area contributed by atoms with Gasteiger partial charge in [0.05, 0.1) is 31.8 Å². The Morgan fingerprint density at radius 2 is 1.80 bits per heavy atom. The Morgan fingerprint density at radius 3 is 2.52 bits per heavy atom. The predicted octanol–water partition coefficient (Wildman–Crippen LogP) is 4.53. The van der Waals surface area contributed by atoms with Gasteiger partial charge in [-0.05, 0) is 65.9 Å². The summed E-state index contributed by atoms with van der Waals surface area (Å²) in [7, 11) is 0. The lowest BCUT2D eigenvalue weighted by molar-refractivity contribution is -0.137. The molecule has 4 atom stereocenters. The first-order valence-electron chi connectivity index (χ1n) is 13.3. The van der Waals surface area contributed by atoms with Gasteiger partial charge in [0.25, 0.3) is 0 Å². The average Bonchev–Trinajstić information content (AvgIpc) is 3.28. The lowest BCUT2D eigenvalue weighted by Gasteiger charge is -2.30. The number of aliphatic hydroxyl groups excluding tert-OH is 2. The minimum absolute atomic E-state index is 0.0537. The number of aliphatic hydroxyl groups is 2. The molecule has 1 unspecified atom stereocenters. The maximum Gasteiger partial charge on any atom is 0.304 e. The van der Waals surface area contributed by atoms with Gasteiger partial charge in [-0.3, -0.25) is 4.79 Å². The van der Waals surface area contributed by atoms with Gasteiger partial charge in [-0.2, -0.15) is 0 Å². The molecular formula is C31H33FO8. The summed E-state index contributed by atoms with van der Waals surface area (Å²) >= 11 is 0. The van der Waals surface area contributed by atoms with Crippen molar-refractivity contribution in [3.8, 4) is 28.4 Å². The molecular weight excluding hydrogens is 519 g/mol. The van der Waals surface area contributed by atoms with Crippen molar-refractivity contribution in [2.45, 2.75) is 57.5 Å². The van der Waals surface area contributed by atoms with Crippen LogP contribution in [0.4, 0.5) is 4.39 Å². The molecule has 0 spiro atoms. The summed E-state index contributed by atoms with van der Waals surface area (Å²) in [4.78, 5) is 11.1. The van der Waals surface area contributed by atoms with E-state index in [1.165, 1.54) is 12.1 Å². The Kier molecular flexibility index (Phi) is 8.25. The van der Waals surface area contributed by atoms with Gasteiger partial charge in [0, 0.05) is 24.0 Å². The van der Waals surface area contributed by atoms with E-state index in [0.29, 0.717) is 23.5 Å². The number of halogens is 1. The van der Waals surface area contributed by atoms with Gasteiger partial charge >= 0.3 is 5.97 Å². The summed E-state index contributed by atoms with van der Waals surface area (Å²) < 4.78 is 37.7. The fourth-order valence-corrected chi connectivity index (χ4v) is 5.35. The highest BCUT2D eigenvalue weighted by Gasteiger charge is 2.29. The second kappa shape index (κ2) is 11.8. The zero-order valence-electron chi connectivity index (χ0n) is 22.4. The molecule has 9 heteroatoms. The highest BCUT2D eigenvalue weighted by Crippen LogP contribution is 2.40. The Morgan fingerprint density at radius 1 is 1.02 bits per heavy atom. The molecule has 3 N–H and O–H groups in total. The first-order chi connectivity index (χ1) is 19.2. The lowest BCUT2D eigenvalue weighted by atomic mass is 9.94. The molecule has 3 aromatic rings. The van der Waals surface area contributed by atoms with E-state index in [4.69, 9.17) is 24.1 Å². The monoisotopic (exact) mass is 552 g/mol. The average molecular weight is 553 g/mol. The van der Waals surface area contributed by atoms with Crippen LogP contribution in [0.2, 0.25) is 0 Å². The third-order valence-electron chi connectivity index (χ3n) is 7.37. The van der Waals surface area contributed by atoms with E-state index in [2.05, 4.69) is 0 Å². The van der Waals surface area contributed by atoms with E-state index < -0.39 is 24.0 Å². The molecule has 0 aliphatic carbocycles. The normalized spacial score (nSPS) is 21.9. The van der Waals surface area contributed by atoms with Gasteiger partial charge in [0.15, 0.2) is 11.6 Å². The number of carbonyl (C=O) groups is 1. The van der Waals surface area contributed by atoms with Gasteiger partial charge in [-0.15, -0.1) is 0 Å². The van der Waals surface area contributed by atoms with Crippen molar-refractivity contribution in [1.29, 1.82) is 0 Å². The summed E-state index contributed by atoms with van der Waals surface area (Å²) in [5, 5.41) is 28.6. The molecule has 0 radical (unpaired) electrons. The van der Waals surface area contributed by atoms with E-state index in [-0.39, 0.29) is 50.6 Å². The summed E-state index contributed by atoms with van der Waals surface area (Å²) in [6.07, 6.45) is -1.76. The second-order valence-electron chi connectivity index (χ2n) is 10.5. The first kappa shape index (κ1) is 27.9. The van der Waals surface area contributed by atoms with Crippen LogP contribution in [0.15, 0.2) is 48.5 Å². The highest BCUT2D eigenvalue weighted by molar-refractivity contribution is 5.72. The van der Waals surface area contributed by atoms with Gasteiger partial charge in [0.1, 0.15) is 30.8 Å². The molecule has 0 bridgehead atoms. The smallest absolute Gasteiger partial charge is 0.304 e. The van der Waals surface area contributed by atoms with Crippen molar-refractivity contribution in [3.63, 3.8) is 0 Å². The van der Waals surface area contributed by atoms with Crippen molar-refractivity contribution < 1.29 is 43.5 Å². The quantitative estimate of drug-likeness (QED) is 0.355. The van der Waals surface area contributed by atoms with Gasteiger partial charge in [0.2, 0.25) is 0 Å². The molecule has 2 aliphatic heterocycles. The molecule has 1 saturated heterocycles. The largest absolute Gasteiger partial charge is 0.492 e. The summed E-state index contributed by atoms with van der Waals surface area (Å²) in [6.45, 7) is 4.73. The number of carboxylic acid groups (broad SMARTS) is 1. The lowest BCUT2D eigenvalue weighted by Crippen LogP contribution is -2.43. The molecule has 212 valence electrons. The van der Waals surface area contributed by atoms with Crippen LogP contribution in [0.5, 0.6) is 17.2 Å². The van der Waals surface area contributed by atoms with Crippen LogP contribution in [0.3, 0.4) is 0 Å². The summed E-state index contributed by atoms with van der Waals surface area (Å²) in [5.74, 6) is -0.680. The summed E-state index contributed by atoms with van der Waals surface area (Å²) in [5.41, 5.74) is 5.50. The number of hydrogen-bond donors (Lipinski definition) is 3. The molecule has 5 rings (SSSR count). The molecule has 2 aliphatic rings. The minimum atomic E-state index is -0.953. The topological polar surface area (TPSA) is 115 Å². The van der Waals surface area contributed by atoms with Crippen LogP contribution in [-0.4, -0.2) is 59.4 Å². The molecule has 0 amide bonds. The molecule has 8 nitrogen and oxygen atoms in total.